The first-order chi connectivity index (χ1) is 6.68. The summed E-state index contributed by atoms with van der Waals surface area (Å²) in [6, 6.07) is -0.353. The first-order valence-electron chi connectivity index (χ1n) is 5.67. The van der Waals surface area contributed by atoms with Gasteiger partial charge in [-0.1, -0.05) is 51.9 Å². The van der Waals surface area contributed by atoms with E-state index in [1.807, 2.05) is 0 Å². The zero-order chi connectivity index (χ0) is 10.8. The van der Waals surface area contributed by atoms with Crippen LogP contribution in [0.5, 0.6) is 0 Å². The van der Waals surface area contributed by atoms with Crippen molar-refractivity contribution in [2.24, 2.45) is 5.73 Å². The van der Waals surface area contributed by atoms with Crippen molar-refractivity contribution >= 4 is 17.7 Å². The lowest BCUT2D eigenvalue weighted by molar-refractivity contribution is -0.112. The highest BCUT2D eigenvalue weighted by molar-refractivity contribution is 7.96. The molecule has 0 aromatic rings. The molecular formula is C11H23NOS. The third-order valence-corrected chi connectivity index (χ3v) is 2.77. The fraction of sp³-hybridized carbons (Fsp3) is 0.909. The molecule has 2 nitrogen and oxygen atoms in total. The molecule has 0 saturated carbocycles. The Morgan fingerprint density at radius 2 is 1.64 bits per heavy atom. The van der Waals surface area contributed by atoms with Crippen molar-refractivity contribution in [3.8, 4) is 0 Å². The second kappa shape index (κ2) is 9.53. The topological polar surface area (TPSA) is 43.1 Å². The Morgan fingerprint density at radius 1 is 1.14 bits per heavy atom. The molecule has 0 unspecified atom stereocenters. The zero-order valence-corrected chi connectivity index (χ0v) is 10.1. The number of rotatable bonds is 9. The summed E-state index contributed by atoms with van der Waals surface area (Å²) >= 11 is 3.70. The van der Waals surface area contributed by atoms with E-state index in [0.717, 1.165) is 12.8 Å². The number of unbranched alkanes of at least 4 members (excludes halogenated alkanes) is 6. The SMILES string of the molecule is CCCCCCCCC[C@H](N)C(=O)S. The Kier molecular flexibility index (Phi) is 9.52. The number of hydrogen-bond donors (Lipinski definition) is 2. The molecular weight excluding hydrogens is 194 g/mol. The second-order valence-corrected chi connectivity index (χ2v) is 4.30. The van der Waals surface area contributed by atoms with E-state index in [4.69, 9.17) is 5.73 Å². The Labute approximate surface area is 93.0 Å². The molecule has 1 atom stereocenters. The predicted octanol–water partition coefficient (Wildman–Crippen LogP) is 2.91. The molecule has 0 rings (SSSR count). The highest BCUT2D eigenvalue weighted by Gasteiger charge is 2.07. The van der Waals surface area contributed by atoms with Gasteiger partial charge in [-0.25, -0.2) is 0 Å². The molecule has 0 amide bonds. The van der Waals surface area contributed by atoms with E-state index in [1.165, 1.54) is 38.5 Å². The highest BCUT2D eigenvalue weighted by Crippen LogP contribution is 2.09. The first kappa shape index (κ1) is 14.0. The van der Waals surface area contributed by atoms with Crippen molar-refractivity contribution in [3.63, 3.8) is 0 Å². The number of nitrogens with two attached hydrogens (primary N) is 1. The quantitative estimate of drug-likeness (QED) is 0.460. The van der Waals surface area contributed by atoms with Gasteiger partial charge < -0.3 is 5.73 Å². The molecule has 0 aliphatic heterocycles. The second-order valence-electron chi connectivity index (χ2n) is 3.85. The molecule has 14 heavy (non-hydrogen) atoms. The molecule has 0 aromatic heterocycles. The fourth-order valence-electron chi connectivity index (χ4n) is 1.44. The van der Waals surface area contributed by atoms with Crippen molar-refractivity contribution in [1.82, 2.24) is 0 Å². The van der Waals surface area contributed by atoms with Gasteiger partial charge in [0.1, 0.15) is 0 Å². The summed E-state index contributed by atoms with van der Waals surface area (Å²) in [7, 11) is 0. The van der Waals surface area contributed by atoms with E-state index in [-0.39, 0.29) is 11.2 Å². The van der Waals surface area contributed by atoms with Crippen molar-refractivity contribution in [3.05, 3.63) is 0 Å². The monoisotopic (exact) mass is 217 g/mol. The fourth-order valence-corrected chi connectivity index (χ4v) is 1.57. The van der Waals surface area contributed by atoms with Gasteiger partial charge in [-0.2, -0.15) is 0 Å². The van der Waals surface area contributed by atoms with Crippen LogP contribution in [0.4, 0.5) is 0 Å². The van der Waals surface area contributed by atoms with Gasteiger partial charge in [0.25, 0.3) is 0 Å². The number of thiol groups is 1. The molecule has 0 fully saturated rings. The van der Waals surface area contributed by atoms with E-state index in [0.29, 0.717) is 0 Å². The highest BCUT2D eigenvalue weighted by atomic mass is 32.1. The minimum atomic E-state index is -0.353. The van der Waals surface area contributed by atoms with Crippen LogP contribution in [0.15, 0.2) is 0 Å². The minimum absolute atomic E-state index is 0.184. The molecule has 0 heterocycles. The molecule has 2 N–H and O–H groups in total. The van der Waals surface area contributed by atoms with Crippen LogP contribution in [0.3, 0.4) is 0 Å². The third-order valence-electron chi connectivity index (χ3n) is 2.44. The Bertz CT molecular complexity index is 150. The summed E-state index contributed by atoms with van der Waals surface area (Å²) in [4.78, 5) is 10.7. The van der Waals surface area contributed by atoms with E-state index < -0.39 is 0 Å². The smallest absolute Gasteiger partial charge is 0.202 e. The van der Waals surface area contributed by atoms with E-state index in [9.17, 15) is 4.79 Å². The van der Waals surface area contributed by atoms with Gasteiger partial charge in [0.05, 0.1) is 6.04 Å². The molecule has 0 radical (unpaired) electrons. The summed E-state index contributed by atoms with van der Waals surface area (Å²) in [5, 5.41) is -0.184. The van der Waals surface area contributed by atoms with Crippen molar-refractivity contribution in [2.45, 2.75) is 64.3 Å². The van der Waals surface area contributed by atoms with Crippen LogP contribution >= 0.6 is 12.6 Å². The summed E-state index contributed by atoms with van der Waals surface area (Å²) < 4.78 is 0. The number of carbonyl (C=O) groups is 1. The molecule has 3 heteroatoms. The van der Waals surface area contributed by atoms with Gasteiger partial charge >= 0.3 is 0 Å². The lowest BCUT2D eigenvalue weighted by Crippen LogP contribution is -2.26. The Hall–Kier alpha value is -0.0200. The lowest BCUT2D eigenvalue weighted by atomic mass is 10.1. The maximum atomic E-state index is 10.7. The molecule has 0 saturated heterocycles. The van der Waals surface area contributed by atoms with Crippen LogP contribution in [0.25, 0.3) is 0 Å². The number of carbonyl (C=O) groups excluding carboxylic acids is 1. The predicted molar refractivity (Wildman–Crippen MR) is 64.6 cm³/mol. The summed E-state index contributed by atoms with van der Waals surface area (Å²) in [6.07, 6.45) is 9.60. The van der Waals surface area contributed by atoms with Gasteiger partial charge in [-0.15, -0.1) is 12.6 Å². The van der Waals surface area contributed by atoms with E-state index in [2.05, 4.69) is 19.6 Å². The Balaban J connectivity index is 3.09. The van der Waals surface area contributed by atoms with Gasteiger partial charge in [0, 0.05) is 0 Å². The third kappa shape index (κ3) is 8.57. The van der Waals surface area contributed by atoms with Gasteiger partial charge in [-0.3, -0.25) is 4.79 Å². The minimum Gasteiger partial charge on any atom is -0.321 e. The standard InChI is InChI=1S/C11H23NOS/c1-2-3-4-5-6-7-8-9-10(12)11(13)14/h10H,2-9,12H2,1H3,(H,13,14)/t10-/m0/s1. The molecule has 0 aliphatic carbocycles. The van der Waals surface area contributed by atoms with Crippen LogP contribution in [0, 0.1) is 0 Å². The Morgan fingerprint density at radius 3 is 2.14 bits per heavy atom. The van der Waals surface area contributed by atoms with Gasteiger partial charge in [0.15, 0.2) is 0 Å². The average molecular weight is 217 g/mol. The molecule has 0 spiro atoms. The average Bonchev–Trinajstić information content (AvgIpc) is 2.16. The summed E-state index contributed by atoms with van der Waals surface area (Å²) in [5.41, 5.74) is 5.55. The van der Waals surface area contributed by atoms with Crippen molar-refractivity contribution in [2.75, 3.05) is 0 Å². The van der Waals surface area contributed by atoms with Gasteiger partial charge in [-0.05, 0) is 6.42 Å². The van der Waals surface area contributed by atoms with Crippen molar-refractivity contribution < 1.29 is 4.79 Å². The molecule has 0 aliphatic rings. The maximum Gasteiger partial charge on any atom is 0.202 e. The molecule has 84 valence electrons. The van der Waals surface area contributed by atoms with E-state index in [1.54, 1.807) is 0 Å². The summed E-state index contributed by atoms with van der Waals surface area (Å²) in [5.74, 6) is 0. The number of hydrogen-bond acceptors (Lipinski definition) is 2. The van der Waals surface area contributed by atoms with Crippen molar-refractivity contribution in [1.29, 1.82) is 0 Å². The van der Waals surface area contributed by atoms with Crippen LogP contribution < -0.4 is 5.73 Å². The van der Waals surface area contributed by atoms with E-state index >= 15 is 0 Å². The van der Waals surface area contributed by atoms with Gasteiger partial charge in [0.2, 0.25) is 5.12 Å². The maximum absolute atomic E-state index is 10.7. The van der Waals surface area contributed by atoms with Crippen LogP contribution in [-0.4, -0.2) is 11.2 Å². The largest absolute Gasteiger partial charge is 0.321 e. The van der Waals surface area contributed by atoms with Crippen LogP contribution in [0.2, 0.25) is 0 Å². The molecule has 0 bridgehead atoms. The normalized spacial score (nSPS) is 12.8. The first-order valence-corrected chi connectivity index (χ1v) is 6.11. The zero-order valence-electron chi connectivity index (χ0n) is 9.17. The summed E-state index contributed by atoms with van der Waals surface area (Å²) in [6.45, 7) is 2.22. The van der Waals surface area contributed by atoms with Crippen LogP contribution in [0.1, 0.15) is 58.3 Å². The molecule has 0 aromatic carbocycles. The van der Waals surface area contributed by atoms with Crippen LogP contribution in [-0.2, 0) is 4.79 Å². The lowest BCUT2D eigenvalue weighted by Gasteiger charge is -2.06.